The third-order valence-electron chi connectivity index (χ3n) is 4.84. The van der Waals surface area contributed by atoms with E-state index < -0.39 is 23.8 Å². The molecule has 2 amide bonds. The fourth-order valence-electron chi connectivity index (χ4n) is 3.12. The number of aryl methyl sites for hydroxylation is 2. The number of carboxylic acids is 1. The quantitative estimate of drug-likeness (QED) is 0.311. The van der Waals surface area contributed by atoms with Crippen LogP contribution in [0.2, 0.25) is 0 Å². The minimum Gasteiger partial charge on any atom is -0.480 e. The number of carbonyl (C=O) groups is 3. The number of amides is 2. The van der Waals surface area contributed by atoms with Gasteiger partial charge in [0.2, 0.25) is 11.9 Å². The Morgan fingerprint density at radius 2 is 1.81 bits per heavy atom. The van der Waals surface area contributed by atoms with Gasteiger partial charge in [-0.05, 0) is 48.6 Å². The number of aliphatic carboxylic acids is 1. The van der Waals surface area contributed by atoms with E-state index in [1.165, 1.54) is 0 Å². The van der Waals surface area contributed by atoms with Crippen LogP contribution in [0.5, 0.6) is 0 Å². The van der Waals surface area contributed by atoms with Crippen LogP contribution >= 0.6 is 0 Å². The molecule has 0 spiro atoms. The number of primary amides is 1. The molecule has 0 fully saturated rings. The van der Waals surface area contributed by atoms with Crippen molar-refractivity contribution in [1.82, 2.24) is 20.3 Å². The van der Waals surface area contributed by atoms with Crippen molar-refractivity contribution >= 4 is 34.8 Å². The van der Waals surface area contributed by atoms with Crippen LogP contribution in [0.3, 0.4) is 0 Å². The Balaban J connectivity index is 1.62. The Hall–Kier alpha value is -4.28. The third kappa shape index (κ3) is 5.65. The van der Waals surface area contributed by atoms with Crippen LogP contribution in [0.1, 0.15) is 34.3 Å². The van der Waals surface area contributed by atoms with E-state index in [0.717, 1.165) is 11.1 Å². The molecular weight excluding hydrogens is 416 g/mol. The number of fused-ring (bicyclic) bond motifs is 1. The Morgan fingerprint density at radius 3 is 2.47 bits per heavy atom. The van der Waals surface area contributed by atoms with Crippen LogP contribution in [0.25, 0.3) is 11.0 Å². The lowest BCUT2D eigenvalue weighted by atomic mass is 10.0. The summed E-state index contributed by atoms with van der Waals surface area (Å²) in [7, 11) is 0. The summed E-state index contributed by atoms with van der Waals surface area (Å²) in [6.45, 7) is 0. The number of nitrogens with two attached hydrogens (primary N) is 2. The van der Waals surface area contributed by atoms with E-state index in [1.54, 1.807) is 36.5 Å². The number of nitrogens with one attached hydrogen (secondary N) is 2. The first-order valence-corrected chi connectivity index (χ1v) is 9.78. The van der Waals surface area contributed by atoms with Crippen LogP contribution in [0, 0.1) is 0 Å². The summed E-state index contributed by atoms with van der Waals surface area (Å²) in [4.78, 5) is 57.1. The molecule has 2 aromatic heterocycles. The fourth-order valence-corrected chi connectivity index (χ4v) is 3.12. The lowest BCUT2D eigenvalue weighted by Gasteiger charge is -2.14. The van der Waals surface area contributed by atoms with Crippen LogP contribution in [-0.4, -0.2) is 43.9 Å². The SMILES string of the molecule is NC(=O)CC[C@H](NC(=O)c1ccc(CCc2cnc3nc(N)[nH]c(=O)c3c2)cc1)C(=O)O. The number of pyridine rings is 1. The highest BCUT2D eigenvalue weighted by Gasteiger charge is 2.21. The maximum atomic E-state index is 12.3. The number of H-pyrrole nitrogens is 1. The standard InChI is InChI=1S/C21H22N6O5/c22-16(28)8-7-15(20(31)32)25-18(29)13-5-3-11(4-6-13)1-2-12-9-14-17(24-10-12)26-21(23)27-19(14)30/h3-6,9-10,15H,1-2,7-8H2,(H2,22,28)(H,25,29)(H,31,32)(H3,23,24,26,27,30)/t15-/m0/s1. The molecule has 1 aromatic carbocycles. The zero-order valence-corrected chi connectivity index (χ0v) is 17.0. The predicted molar refractivity (Wildman–Crippen MR) is 116 cm³/mol. The number of anilines is 1. The molecule has 1 atom stereocenters. The van der Waals surface area contributed by atoms with Gasteiger partial charge < -0.3 is 21.9 Å². The smallest absolute Gasteiger partial charge is 0.326 e. The second-order valence-electron chi connectivity index (χ2n) is 7.23. The molecule has 0 radical (unpaired) electrons. The zero-order valence-electron chi connectivity index (χ0n) is 17.0. The van der Waals surface area contributed by atoms with Gasteiger partial charge in [-0.1, -0.05) is 12.1 Å². The number of nitrogen functional groups attached to an aromatic ring is 1. The molecule has 0 aliphatic heterocycles. The average molecular weight is 438 g/mol. The van der Waals surface area contributed by atoms with Crippen molar-refractivity contribution in [3.8, 4) is 0 Å². The Bertz CT molecular complexity index is 1220. The van der Waals surface area contributed by atoms with Crippen molar-refractivity contribution in [2.75, 3.05) is 5.73 Å². The van der Waals surface area contributed by atoms with E-state index in [9.17, 15) is 24.3 Å². The first kappa shape index (κ1) is 22.4. The maximum Gasteiger partial charge on any atom is 0.326 e. The Morgan fingerprint density at radius 1 is 1.12 bits per heavy atom. The largest absolute Gasteiger partial charge is 0.480 e. The summed E-state index contributed by atoms with van der Waals surface area (Å²) >= 11 is 0. The summed E-state index contributed by atoms with van der Waals surface area (Å²) in [6, 6.07) is 7.22. The normalized spacial score (nSPS) is 11.8. The summed E-state index contributed by atoms with van der Waals surface area (Å²) in [5, 5.41) is 11.9. The molecular formula is C21H22N6O5. The molecule has 0 saturated heterocycles. The molecule has 0 unspecified atom stereocenters. The van der Waals surface area contributed by atoms with Crippen LogP contribution in [-0.2, 0) is 22.4 Å². The number of nitrogens with zero attached hydrogens (tertiary/aromatic N) is 2. The Kier molecular flexibility index (Phi) is 6.78. The van der Waals surface area contributed by atoms with E-state index in [4.69, 9.17) is 11.5 Å². The molecule has 166 valence electrons. The van der Waals surface area contributed by atoms with Crippen molar-refractivity contribution in [3.05, 3.63) is 63.6 Å². The van der Waals surface area contributed by atoms with Gasteiger partial charge in [-0.3, -0.25) is 19.4 Å². The molecule has 3 aromatic rings. The van der Waals surface area contributed by atoms with Gasteiger partial charge in [0.15, 0.2) is 5.65 Å². The number of benzene rings is 1. The second kappa shape index (κ2) is 9.69. The lowest BCUT2D eigenvalue weighted by molar-refractivity contribution is -0.139. The minimum absolute atomic E-state index is 0.00872. The number of carbonyl (C=O) groups excluding carboxylic acids is 2. The van der Waals surface area contributed by atoms with Gasteiger partial charge in [0, 0.05) is 18.2 Å². The van der Waals surface area contributed by atoms with Gasteiger partial charge >= 0.3 is 5.97 Å². The number of rotatable bonds is 9. The molecule has 0 saturated carbocycles. The van der Waals surface area contributed by atoms with E-state index in [1.807, 2.05) is 0 Å². The topological polar surface area (TPSA) is 194 Å². The monoisotopic (exact) mass is 438 g/mol. The molecule has 11 heteroatoms. The average Bonchev–Trinajstić information content (AvgIpc) is 2.75. The fraction of sp³-hybridized carbons (Fsp3) is 0.238. The van der Waals surface area contributed by atoms with Gasteiger partial charge in [-0.15, -0.1) is 0 Å². The van der Waals surface area contributed by atoms with Crippen molar-refractivity contribution in [3.63, 3.8) is 0 Å². The second-order valence-corrected chi connectivity index (χ2v) is 7.23. The van der Waals surface area contributed by atoms with Gasteiger partial charge in [-0.25, -0.2) is 9.78 Å². The molecule has 0 aliphatic carbocycles. The van der Waals surface area contributed by atoms with Crippen molar-refractivity contribution < 1.29 is 19.5 Å². The number of aromatic nitrogens is 3. The van der Waals surface area contributed by atoms with Gasteiger partial charge in [0.05, 0.1) is 5.39 Å². The predicted octanol–water partition coefficient (Wildman–Crippen LogP) is 0.134. The summed E-state index contributed by atoms with van der Waals surface area (Å²) in [5.41, 5.74) is 12.6. The van der Waals surface area contributed by atoms with E-state index in [0.29, 0.717) is 23.8 Å². The number of aromatic amines is 1. The molecule has 3 rings (SSSR count). The highest BCUT2D eigenvalue weighted by molar-refractivity contribution is 5.96. The van der Waals surface area contributed by atoms with E-state index >= 15 is 0 Å². The molecule has 7 N–H and O–H groups in total. The maximum absolute atomic E-state index is 12.3. The zero-order chi connectivity index (χ0) is 23.3. The van der Waals surface area contributed by atoms with Crippen molar-refractivity contribution in [2.24, 2.45) is 5.73 Å². The Labute approximate surface area is 181 Å². The van der Waals surface area contributed by atoms with Crippen molar-refractivity contribution in [1.29, 1.82) is 0 Å². The molecule has 0 aliphatic rings. The number of hydrogen-bond acceptors (Lipinski definition) is 7. The highest BCUT2D eigenvalue weighted by Crippen LogP contribution is 2.12. The molecule has 11 nitrogen and oxygen atoms in total. The lowest BCUT2D eigenvalue weighted by Crippen LogP contribution is -2.41. The first-order valence-electron chi connectivity index (χ1n) is 9.78. The van der Waals surface area contributed by atoms with Gasteiger partial charge in [0.25, 0.3) is 11.5 Å². The van der Waals surface area contributed by atoms with Crippen LogP contribution in [0.15, 0.2) is 41.3 Å². The molecule has 0 bridgehead atoms. The van der Waals surface area contributed by atoms with E-state index in [2.05, 4.69) is 20.3 Å². The third-order valence-corrected chi connectivity index (χ3v) is 4.84. The highest BCUT2D eigenvalue weighted by atomic mass is 16.4. The van der Waals surface area contributed by atoms with Gasteiger partial charge in [-0.2, -0.15) is 4.98 Å². The van der Waals surface area contributed by atoms with Gasteiger partial charge in [0.1, 0.15) is 6.04 Å². The first-order chi connectivity index (χ1) is 15.2. The molecule has 32 heavy (non-hydrogen) atoms. The van der Waals surface area contributed by atoms with E-state index in [-0.39, 0.29) is 30.0 Å². The van der Waals surface area contributed by atoms with Crippen LogP contribution in [0.4, 0.5) is 5.95 Å². The number of carboxylic acid groups (broad SMARTS) is 1. The summed E-state index contributed by atoms with van der Waals surface area (Å²) < 4.78 is 0. The summed E-state index contributed by atoms with van der Waals surface area (Å²) in [5.74, 6) is -2.43. The van der Waals surface area contributed by atoms with Crippen LogP contribution < -0.4 is 22.3 Å². The summed E-state index contributed by atoms with van der Waals surface area (Å²) in [6.07, 6.45) is 2.64. The molecule has 2 heterocycles. The van der Waals surface area contributed by atoms with Crippen molar-refractivity contribution in [2.45, 2.75) is 31.7 Å². The minimum atomic E-state index is -1.24. The number of hydrogen-bond donors (Lipinski definition) is 5.